The van der Waals surface area contributed by atoms with E-state index in [1.54, 1.807) is 30.3 Å². The fraction of sp³-hybridized carbons (Fsp3) is 0.0833. The minimum absolute atomic E-state index is 0.0107. The maximum absolute atomic E-state index is 13.1. The van der Waals surface area contributed by atoms with Crippen molar-refractivity contribution >= 4 is 46.3 Å². The number of carbonyl (C=O) groups excluding carboxylic acids is 2. The fourth-order valence-corrected chi connectivity index (χ4v) is 3.97. The van der Waals surface area contributed by atoms with Gasteiger partial charge in [-0.05, 0) is 48.4 Å². The van der Waals surface area contributed by atoms with E-state index in [1.165, 1.54) is 17.0 Å². The molecule has 0 bridgehead atoms. The summed E-state index contributed by atoms with van der Waals surface area (Å²) >= 11 is 12.1. The third kappa shape index (κ3) is 3.38. The Bertz CT molecular complexity index is 1190. The Kier molecular flexibility index (Phi) is 5.37. The minimum atomic E-state index is -0.775. The number of aryl methyl sites for hydroxylation is 1. The smallest absolute Gasteiger partial charge is 0.300 e. The SMILES string of the molecule is Cc1ccccc1C1/C(=C(\O)c2ccc(Cl)c(Cl)c2)C(=O)C(=O)N1c1ccccc1. The first-order chi connectivity index (χ1) is 14.4. The Hall–Kier alpha value is -3.08. The molecule has 1 N–H and O–H groups in total. The molecule has 3 aromatic carbocycles. The summed E-state index contributed by atoms with van der Waals surface area (Å²) in [6.45, 7) is 1.90. The lowest BCUT2D eigenvalue weighted by molar-refractivity contribution is -0.132. The second-order valence-corrected chi connectivity index (χ2v) is 7.80. The van der Waals surface area contributed by atoms with E-state index < -0.39 is 17.7 Å². The number of halogens is 2. The molecule has 0 radical (unpaired) electrons. The summed E-state index contributed by atoms with van der Waals surface area (Å²) in [6, 6.07) is 20.2. The van der Waals surface area contributed by atoms with Crippen LogP contribution in [0.25, 0.3) is 5.76 Å². The average Bonchev–Trinajstić information content (AvgIpc) is 3.01. The highest BCUT2D eigenvalue weighted by Gasteiger charge is 2.47. The first-order valence-corrected chi connectivity index (χ1v) is 10.0. The van der Waals surface area contributed by atoms with E-state index in [9.17, 15) is 14.7 Å². The van der Waals surface area contributed by atoms with Gasteiger partial charge in [0.15, 0.2) is 0 Å². The third-order valence-corrected chi connectivity index (χ3v) is 5.89. The van der Waals surface area contributed by atoms with Gasteiger partial charge in [-0.3, -0.25) is 14.5 Å². The number of anilines is 1. The number of ketones is 1. The topological polar surface area (TPSA) is 57.6 Å². The standard InChI is InChI=1S/C24H17Cl2NO3/c1-14-7-5-6-10-17(14)21-20(22(28)15-11-12-18(25)19(26)13-15)23(29)24(30)27(21)16-8-3-2-4-9-16/h2-13,21,28H,1H3/b22-20+. The summed E-state index contributed by atoms with van der Waals surface area (Å²) in [5, 5.41) is 11.7. The highest BCUT2D eigenvalue weighted by molar-refractivity contribution is 6.51. The van der Waals surface area contributed by atoms with Crippen molar-refractivity contribution in [2.75, 3.05) is 4.90 Å². The molecule has 1 fully saturated rings. The zero-order valence-electron chi connectivity index (χ0n) is 16.0. The van der Waals surface area contributed by atoms with Crippen molar-refractivity contribution in [1.82, 2.24) is 0 Å². The van der Waals surface area contributed by atoms with Crippen LogP contribution in [0.15, 0.2) is 78.4 Å². The van der Waals surface area contributed by atoms with Gasteiger partial charge in [0.1, 0.15) is 5.76 Å². The molecule has 6 heteroatoms. The molecular weight excluding hydrogens is 421 g/mol. The molecule has 1 aliphatic rings. The quantitative estimate of drug-likeness (QED) is 0.313. The van der Waals surface area contributed by atoms with Gasteiger partial charge in [0.05, 0.1) is 21.7 Å². The van der Waals surface area contributed by atoms with Crippen molar-refractivity contribution in [3.63, 3.8) is 0 Å². The molecule has 1 heterocycles. The molecule has 0 aromatic heterocycles. The normalized spacial score (nSPS) is 18.1. The molecule has 1 amide bonds. The van der Waals surface area contributed by atoms with E-state index in [4.69, 9.17) is 23.2 Å². The number of aliphatic hydroxyl groups excluding tert-OH is 1. The van der Waals surface area contributed by atoms with Crippen molar-refractivity contribution in [3.05, 3.63) is 105 Å². The Labute approximate surface area is 184 Å². The molecule has 4 nitrogen and oxygen atoms in total. The maximum Gasteiger partial charge on any atom is 0.300 e. The Morgan fingerprint density at radius 1 is 0.900 bits per heavy atom. The average molecular weight is 438 g/mol. The summed E-state index contributed by atoms with van der Waals surface area (Å²) in [5.41, 5.74) is 2.54. The maximum atomic E-state index is 13.1. The zero-order valence-corrected chi connectivity index (χ0v) is 17.5. The van der Waals surface area contributed by atoms with Crippen LogP contribution in [0, 0.1) is 6.92 Å². The van der Waals surface area contributed by atoms with Crippen LogP contribution >= 0.6 is 23.2 Å². The third-order valence-electron chi connectivity index (χ3n) is 5.15. The van der Waals surface area contributed by atoms with Gasteiger partial charge in [0.25, 0.3) is 11.7 Å². The van der Waals surface area contributed by atoms with E-state index in [0.717, 1.165) is 11.1 Å². The Morgan fingerprint density at radius 2 is 1.57 bits per heavy atom. The molecule has 0 aliphatic carbocycles. The summed E-state index contributed by atoms with van der Waals surface area (Å²) in [5.74, 6) is -1.75. The molecule has 0 spiro atoms. The summed E-state index contributed by atoms with van der Waals surface area (Å²) in [7, 11) is 0. The second-order valence-electron chi connectivity index (χ2n) is 6.99. The number of Topliss-reactive ketones (excluding diaryl/α,β-unsaturated/α-hetero) is 1. The van der Waals surface area contributed by atoms with Crippen LogP contribution < -0.4 is 4.90 Å². The molecule has 150 valence electrons. The van der Waals surface area contributed by atoms with Crippen molar-refractivity contribution in [1.29, 1.82) is 0 Å². The van der Waals surface area contributed by atoms with Crippen LogP contribution in [0.3, 0.4) is 0 Å². The first-order valence-electron chi connectivity index (χ1n) is 9.27. The number of hydrogen-bond acceptors (Lipinski definition) is 3. The van der Waals surface area contributed by atoms with Crippen LogP contribution in [0.5, 0.6) is 0 Å². The zero-order chi connectivity index (χ0) is 21.4. The van der Waals surface area contributed by atoms with Gasteiger partial charge in [-0.2, -0.15) is 0 Å². The van der Waals surface area contributed by atoms with Crippen molar-refractivity contribution in [3.8, 4) is 0 Å². The predicted octanol–water partition coefficient (Wildman–Crippen LogP) is 5.93. The molecule has 1 atom stereocenters. The number of hydrogen-bond donors (Lipinski definition) is 1. The molecule has 1 saturated heterocycles. The van der Waals surface area contributed by atoms with Crippen LogP contribution in [0.1, 0.15) is 22.7 Å². The number of rotatable bonds is 3. The fourth-order valence-electron chi connectivity index (χ4n) is 3.67. The molecule has 30 heavy (non-hydrogen) atoms. The summed E-state index contributed by atoms with van der Waals surface area (Å²) in [6.07, 6.45) is 0. The van der Waals surface area contributed by atoms with Crippen molar-refractivity contribution in [2.24, 2.45) is 0 Å². The summed E-state index contributed by atoms with van der Waals surface area (Å²) in [4.78, 5) is 27.6. The Morgan fingerprint density at radius 3 is 2.23 bits per heavy atom. The summed E-state index contributed by atoms with van der Waals surface area (Å²) < 4.78 is 0. The number of aliphatic hydroxyl groups is 1. The lowest BCUT2D eigenvalue weighted by Gasteiger charge is -2.26. The van der Waals surface area contributed by atoms with Crippen LogP contribution in [-0.4, -0.2) is 16.8 Å². The van der Waals surface area contributed by atoms with E-state index >= 15 is 0 Å². The number of nitrogens with zero attached hydrogens (tertiary/aromatic N) is 1. The van der Waals surface area contributed by atoms with Crippen LogP contribution in [0.4, 0.5) is 5.69 Å². The molecular formula is C24H17Cl2NO3. The van der Waals surface area contributed by atoms with Crippen molar-refractivity contribution in [2.45, 2.75) is 13.0 Å². The monoisotopic (exact) mass is 437 g/mol. The van der Waals surface area contributed by atoms with Crippen LogP contribution in [0.2, 0.25) is 10.0 Å². The van der Waals surface area contributed by atoms with E-state index in [0.29, 0.717) is 16.3 Å². The predicted molar refractivity (Wildman–Crippen MR) is 119 cm³/mol. The van der Waals surface area contributed by atoms with Gasteiger partial charge < -0.3 is 5.11 Å². The van der Waals surface area contributed by atoms with Gasteiger partial charge in [0, 0.05) is 11.3 Å². The molecule has 3 aromatic rings. The van der Waals surface area contributed by atoms with E-state index in [2.05, 4.69) is 0 Å². The Balaban J connectivity index is 1.98. The number of amides is 1. The molecule has 1 unspecified atom stereocenters. The van der Waals surface area contributed by atoms with E-state index in [-0.39, 0.29) is 16.4 Å². The molecule has 0 saturated carbocycles. The van der Waals surface area contributed by atoms with Crippen molar-refractivity contribution < 1.29 is 14.7 Å². The largest absolute Gasteiger partial charge is 0.507 e. The van der Waals surface area contributed by atoms with Gasteiger partial charge >= 0.3 is 0 Å². The molecule has 4 rings (SSSR count). The highest BCUT2D eigenvalue weighted by Crippen LogP contribution is 2.43. The van der Waals surface area contributed by atoms with Crippen LogP contribution in [-0.2, 0) is 9.59 Å². The van der Waals surface area contributed by atoms with E-state index in [1.807, 2.05) is 37.3 Å². The highest BCUT2D eigenvalue weighted by atomic mass is 35.5. The lowest BCUT2D eigenvalue weighted by Crippen LogP contribution is -2.29. The molecule has 1 aliphatic heterocycles. The number of benzene rings is 3. The van der Waals surface area contributed by atoms with Gasteiger partial charge in [-0.15, -0.1) is 0 Å². The minimum Gasteiger partial charge on any atom is -0.507 e. The van der Waals surface area contributed by atoms with Gasteiger partial charge in [-0.1, -0.05) is 65.7 Å². The second kappa shape index (κ2) is 7.98. The number of para-hydroxylation sites is 1. The first kappa shape index (κ1) is 20.2. The van der Waals surface area contributed by atoms with Gasteiger partial charge in [-0.25, -0.2) is 0 Å². The van der Waals surface area contributed by atoms with Gasteiger partial charge in [0.2, 0.25) is 0 Å². The lowest BCUT2D eigenvalue weighted by atomic mass is 9.92. The number of carbonyl (C=O) groups is 2.